The van der Waals surface area contributed by atoms with Crippen LogP contribution in [0.2, 0.25) is 0 Å². The number of anilines is 3. The summed E-state index contributed by atoms with van der Waals surface area (Å²) >= 11 is 3.57. The van der Waals surface area contributed by atoms with Crippen molar-refractivity contribution in [3.63, 3.8) is 0 Å². The third-order valence-electron chi connectivity index (χ3n) is 3.39. The van der Waals surface area contributed by atoms with Gasteiger partial charge in [-0.2, -0.15) is 9.97 Å². The summed E-state index contributed by atoms with van der Waals surface area (Å²) in [6.45, 7) is 2.06. The first-order chi connectivity index (χ1) is 10.1. The first-order valence-corrected chi connectivity index (χ1v) is 7.44. The molecule has 3 rings (SSSR count). The van der Waals surface area contributed by atoms with Crippen molar-refractivity contribution in [3.05, 3.63) is 40.4 Å². The van der Waals surface area contributed by atoms with E-state index in [1.54, 1.807) is 6.07 Å². The van der Waals surface area contributed by atoms with E-state index in [2.05, 4.69) is 36.9 Å². The molecule has 0 amide bonds. The Morgan fingerprint density at radius 1 is 1.24 bits per heavy atom. The van der Waals surface area contributed by atoms with Crippen molar-refractivity contribution in [2.24, 2.45) is 0 Å². The Bertz CT molecular complexity index is 631. The normalized spacial score (nSPS) is 18.7. The van der Waals surface area contributed by atoms with E-state index in [9.17, 15) is 0 Å². The molecular weight excluding hydrogens is 334 g/mol. The van der Waals surface area contributed by atoms with Crippen LogP contribution in [0.1, 0.15) is 11.7 Å². The second-order valence-electron chi connectivity index (χ2n) is 4.84. The van der Waals surface area contributed by atoms with Crippen LogP contribution in [0, 0.1) is 0 Å². The van der Waals surface area contributed by atoms with Gasteiger partial charge in [-0.1, -0.05) is 34.1 Å². The molecule has 0 aliphatic carbocycles. The van der Waals surface area contributed by atoms with Gasteiger partial charge in [0.25, 0.3) is 0 Å². The van der Waals surface area contributed by atoms with Crippen LogP contribution < -0.4 is 16.4 Å². The third kappa shape index (κ3) is 3.08. The Hall–Kier alpha value is -1.86. The number of nitrogens with zero attached hydrogens (tertiary/aromatic N) is 3. The molecule has 6 nitrogen and oxygen atoms in total. The summed E-state index contributed by atoms with van der Waals surface area (Å²) in [5.74, 6) is 1.30. The first kappa shape index (κ1) is 14.1. The molecule has 0 saturated carbocycles. The molecule has 21 heavy (non-hydrogen) atoms. The zero-order chi connectivity index (χ0) is 14.8. The molecule has 110 valence electrons. The average Bonchev–Trinajstić information content (AvgIpc) is 2.47. The minimum absolute atomic E-state index is 0.0215. The molecule has 1 saturated heterocycles. The number of halogens is 1. The fourth-order valence-corrected chi connectivity index (χ4v) is 2.96. The van der Waals surface area contributed by atoms with Gasteiger partial charge < -0.3 is 21.1 Å². The number of ether oxygens (including phenoxy) is 1. The molecule has 4 N–H and O–H groups in total. The second-order valence-corrected chi connectivity index (χ2v) is 5.69. The highest BCUT2D eigenvalue weighted by molar-refractivity contribution is 9.10. The number of nitrogens with two attached hydrogens (primary N) is 2. The number of hydrogen-bond donors (Lipinski definition) is 2. The molecule has 0 spiro atoms. The molecule has 1 aromatic heterocycles. The summed E-state index contributed by atoms with van der Waals surface area (Å²) in [6, 6.07) is 9.79. The van der Waals surface area contributed by atoms with Crippen LogP contribution in [-0.4, -0.2) is 29.7 Å². The van der Waals surface area contributed by atoms with Gasteiger partial charge in [0.05, 0.1) is 6.61 Å². The van der Waals surface area contributed by atoms with Crippen LogP contribution in [0.5, 0.6) is 0 Å². The summed E-state index contributed by atoms with van der Waals surface area (Å²) < 4.78 is 6.92. The van der Waals surface area contributed by atoms with E-state index in [4.69, 9.17) is 16.2 Å². The van der Waals surface area contributed by atoms with E-state index in [-0.39, 0.29) is 12.1 Å². The number of rotatable bonds is 2. The van der Waals surface area contributed by atoms with Crippen LogP contribution in [-0.2, 0) is 4.74 Å². The molecular formula is C14H16BrN5O. The predicted octanol–water partition coefficient (Wildman–Crippen LogP) is 1.98. The molecule has 2 aromatic rings. The zero-order valence-corrected chi connectivity index (χ0v) is 13.0. The van der Waals surface area contributed by atoms with Crippen molar-refractivity contribution in [2.75, 3.05) is 36.1 Å². The van der Waals surface area contributed by atoms with Crippen LogP contribution in [0.4, 0.5) is 17.6 Å². The maximum Gasteiger partial charge on any atom is 0.223 e. The molecule has 1 aliphatic heterocycles. The second kappa shape index (κ2) is 5.87. The smallest absolute Gasteiger partial charge is 0.223 e. The summed E-state index contributed by atoms with van der Waals surface area (Å²) in [7, 11) is 0. The van der Waals surface area contributed by atoms with E-state index in [1.807, 2.05) is 18.2 Å². The zero-order valence-electron chi connectivity index (χ0n) is 11.4. The fourth-order valence-electron chi connectivity index (χ4n) is 2.42. The average molecular weight is 350 g/mol. The molecule has 1 fully saturated rings. The van der Waals surface area contributed by atoms with Crippen LogP contribution in [0.3, 0.4) is 0 Å². The lowest BCUT2D eigenvalue weighted by Crippen LogP contribution is -2.39. The lowest BCUT2D eigenvalue weighted by atomic mass is 10.1. The Balaban J connectivity index is 1.84. The molecule has 1 aliphatic rings. The van der Waals surface area contributed by atoms with Crippen molar-refractivity contribution in [3.8, 4) is 0 Å². The van der Waals surface area contributed by atoms with Gasteiger partial charge >= 0.3 is 0 Å². The number of hydrogen-bond acceptors (Lipinski definition) is 6. The Morgan fingerprint density at radius 3 is 2.81 bits per heavy atom. The van der Waals surface area contributed by atoms with Gasteiger partial charge in [0.1, 0.15) is 17.7 Å². The minimum atomic E-state index is -0.0215. The summed E-state index contributed by atoms with van der Waals surface area (Å²) in [6.07, 6.45) is -0.0215. The summed E-state index contributed by atoms with van der Waals surface area (Å²) in [5, 5.41) is 0. The monoisotopic (exact) mass is 349 g/mol. The Labute approximate surface area is 131 Å². The van der Waals surface area contributed by atoms with Crippen molar-refractivity contribution >= 4 is 33.5 Å². The summed E-state index contributed by atoms with van der Waals surface area (Å²) in [5.41, 5.74) is 12.5. The van der Waals surface area contributed by atoms with Crippen LogP contribution >= 0.6 is 15.9 Å². The van der Waals surface area contributed by atoms with E-state index in [0.29, 0.717) is 19.0 Å². The lowest BCUT2D eigenvalue weighted by molar-refractivity contribution is 0.0391. The quantitative estimate of drug-likeness (QED) is 0.861. The van der Waals surface area contributed by atoms with Crippen LogP contribution in [0.25, 0.3) is 0 Å². The van der Waals surface area contributed by atoms with Gasteiger partial charge in [-0.25, -0.2) is 0 Å². The molecule has 2 heterocycles. The van der Waals surface area contributed by atoms with Crippen molar-refractivity contribution in [2.45, 2.75) is 6.10 Å². The first-order valence-electron chi connectivity index (χ1n) is 6.64. The number of benzene rings is 1. The van der Waals surface area contributed by atoms with Gasteiger partial charge in [-0.15, -0.1) is 0 Å². The molecule has 7 heteroatoms. The number of aromatic nitrogens is 2. The van der Waals surface area contributed by atoms with Gasteiger partial charge in [0.15, 0.2) is 0 Å². The standard InChI is InChI=1S/C14H16BrN5O/c15-10-4-2-1-3-9(10)11-8-20(5-6-21-11)13-7-12(16)18-14(17)19-13/h1-4,7,11H,5-6,8H2,(H4,16,17,18,19)/t11-/m0/s1. The summed E-state index contributed by atoms with van der Waals surface area (Å²) in [4.78, 5) is 10.3. The molecule has 0 radical (unpaired) electrons. The number of nitrogen functional groups attached to an aromatic ring is 2. The topological polar surface area (TPSA) is 90.3 Å². The van der Waals surface area contributed by atoms with Gasteiger partial charge in [-0.3, -0.25) is 0 Å². The van der Waals surface area contributed by atoms with E-state index >= 15 is 0 Å². The Morgan fingerprint density at radius 2 is 2.05 bits per heavy atom. The highest BCUT2D eigenvalue weighted by Gasteiger charge is 2.24. The van der Waals surface area contributed by atoms with Crippen LogP contribution in [0.15, 0.2) is 34.8 Å². The fraction of sp³-hybridized carbons (Fsp3) is 0.286. The maximum atomic E-state index is 5.88. The molecule has 0 unspecified atom stereocenters. The van der Waals surface area contributed by atoms with E-state index < -0.39 is 0 Å². The van der Waals surface area contributed by atoms with E-state index in [1.165, 1.54) is 0 Å². The molecule has 1 atom stereocenters. The van der Waals surface area contributed by atoms with Crippen molar-refractivity contribution in [1.82, 2.24) is 9.97 Å². The Kier molecular flexibility index (Phi) is 3.94. The SMILES string of the molecule is Nc1cc(N2CCO[C@H](c3ccccc3Br)C2)nc(N)n1. The third-order valence-corrected chi connectivity index (χ3v) is 4.11. The van der Waals surface area contributed by atoms with E-state index in [0.717, 1.165) is 22.4 Å². The van der Waals surface area contributed by atoms with Gasteiger partial charge in [-0.05, 0) is 11.6 Å². The number of morpholine rings is 1. The minimum Gasteiger partial charge on any atom is -0.383 e. The highest BCUT2D eigenvalue weighted by Crippen LogP contribution is 2.30. The lowest BCUT2D eigenvalue weighted by Gasteiger charge is -2.34. The predicted molar refractivity (Wildman–Crippen MR) is 85.9 cm³/mol. The van der Waals surface area contributed by atoms with Gasteiger partial charge in [0, 0.05) is 23.6 Å². The molecule has 0 bridgehead atoms. The largest absolute Gasteiger partial charge is 0.383 e. The van der Waals surface area contributed by atoms with Crippen molar-refractivity contribution < 1.29 is 4.74 Å². The maximum absolute atomic E-state index is 5.88. The highest BCUT2D eigenvalue weighted by atomic mass is 79.9. The molecule has 1 aromatic carbocycles. The van der Waals surface area contributed by atoms with Crippen molar-refractivity contribution in [1.29, 1.82) is 0 Å². The van der Waals surface area contributed by atoms with Gasteiger partial charge in [0.2, 0.25) is 5.95 Å².